The van der Waals surface area contributed by atoms with Crippen molar-refractivity contribution in [3.8, 4) is 0 Å². The Morgan fingerprint density at radius 3 is 2.22 bits per heavy atom. The minimum absolute atomic E-state index is 0.0243. The molecule has 0 radical (unpaired) electrons. The fraction of sp³-hybridized carbons (Fsp3) is 0.682. The first-order chi connectivity index (χ1) is 12.6. The van der Waals surface area contributed by atoms with E-state index in [-0.39, 0.29) is 10.7 Å². The predicted molar refractivity (Wildman–Crippen MR) is 106 cm³/mol. The lowest BCUT2D eigenvalue weighted by molar-refractivity contribution is -0.128. The Morgan fingerprint density at radius 1 is 1.07 bits per heavy atom. The van der Waals surface area contributed by atoms with Crippen LogP contribution in [0.4, 0.5) is 0 Å². The van der Waals surface area contributed by atoms with E-state index < -0.39 is 15.6 Å². The molecule has 4 aliphatic rings. The van der Waals surface area contributed by atoms with Crippen LogP contribution in [-0.2, 0) is 14.8 Å². The summed E-state index contributed by atoms with van der Waals surface area (Å²) in [4.78, 5) is 13.3. The van der Waals surface area contributed by atoms with E-state index in [1.807, 2.05) is 13.0 Å². The molecule has 1 N–H and O–H groups in total. The molecule has 4 bridgehead atoms. The fourth-order valence-corrected chi connectivity index (χ4v) is 7.58. The molecule has 1 aromatic rings. The van der Waals surface area contributed by atoms with Gasteiger partial charge in [-0.25, -0.2) is 8.42 Å². The van der Waals surface area contributed by atoms with Crippen LogP contribution >= 0.6 is 0 Å². The average Bonchev–Trinajstić information content (AvgIpc) is 2.56. The van der Waals surface area contributed by atoms with E-state index in [1.165, 1.54) is 32.1 Å². The van der Waals surface area contributed by atoms with Crippen LogP contribution in [0.1, 0.15) is 57.9 Å². The summed E-state index contributed by atoms with van der Waals surface area (Å²) in [7, 11) is -3.72. The maximum atomic E-state index is 13.1. The Hall–Kier alpha value is -1.20. The normalized spacial score (nSPS) is 32.6. The highest BCUT2D eigenvalue weighted by Crippen LogP contribution is 2.57. The minimum Gasteiger partial charge on any atom is -0.298 e. The predicted octanol–water partition coefficient (Wildman–Crippen LogP) is 4.08. The van der Waals surface area contributed by atoms with Crippen molar-refractivity contribution >= 4 is 15.8 Å². The number of hydrogen-bond donors (Lipinski definition) is 1. The minimum atomic E-state index is -3.72. The first-order valence-electron chi connectivity index (χ1n) is 10.3. The van der Waals surface area contributed by atoms with E-state index in [4.69, 9.17) is 0 Å². The number of carbonyl (C=O) groups is 1. The number of nitrogens with one attached hydrogen (secondary N) is 1. The van der Waals surface area contributed by atoms with Gasteiger partial charge in [0.2, 0.25) is 10.0 Å². The molecule has 5 heteroatoms. The number of rotatable bonds is 6. The van der Waals surface area contributed by atoms with E-state index in [0.717, 1.165) is 17.4 Å². The summed E-state index contributed by atoms with van der Waals surface area (Å²) in [6.07, 6.45) is 7.02. The summed E-state index contributed by atoms with van der Waals surface area (Å²) < 4.78 is 28.2. The summed E-state index contributed by atoms with van der Waals surface area (Å²) in [5.41, 5.74) is -0.201. The lowest BCUT2D eigenvalue weighted by atomic mass is 9.51. The quantitative estimate of drug-likeness (QED) is 0.797. The SMILES string of the molecule is Cc1cccc(S(=O)(=O)NC(C)(C)C(=O)CC2C3CC4CC(C3)CC2C4)c1. The molecule has 4 aliphatic carbocycles. The van der Waals surface area contributed by atoms with Gasteiger partial charge in [-0.3, -0.25) is 4.79 Å². The van der Waals surface area contributed by atoms with Crippen molar-refractivity contribution in [3.05, 3.63) is 29.8 Å². The molecule has 0 atom stereocenters. The Kier molecular flexibility index (Phi) is 4.75. The molecule has 27 heavy (non-hydrogen) atoms. The molecule has 4 saturated carbocycles. The van der Waals surface area contributed by atoms with Gasteiger partial charge in [-0.05, 0) is 100 Å². The van der Waals surface area contributed by atoms with E-state index in [1.54, 1.807) is 32.0 Å². The monoisotopic (exact) mass is 389 g/mol. The molecule has 0 saturated heterocycles. The number of ketones is 1. The standard InChI is InChI=1S/C22H31NO3S/c1-14-5-4-6-19(7-14)27(25,26)23-22(2,3)21(24)13-20-17-9-15-8-16(11-17)12-18(20)10-15/h4-7,15-18,20,23H,8-13H2,1-3H3. The third-order valence-corrected chi connectivity index (χ3v) is 8.88. The van der Waals surface area contributed by atoms with Gasteiger partial charge >= 0.3 is 0 Å². The molecular formula is C22H31NO3S. The van der Waals surface area contributed by atoms with Gasteiger partial charge in [-0.1, -0.05) is 12.1 Å². The van der Waals surface area contributed by atoms with Gasteiger partial charge in [-0.15, -0.1) is 0 Å². The van der Waals surface area contributed by atoms with E-state index in [9.17, 15) is 13.2 Å². The van der Waals surface area contributed by atoms with Crippen LogP contribution in [0, 0.1) is 36.5 Å². The molecule has 0 heterocycles. The molecule has 1 aromatic carbocycles. The Morgan fingerprint density at radius 2 is 1.67 bits per heavy atom. The van der Waals surface area contributed by atoms with Gasteiger partial charge in [0.25, 0.3) is 0 Å². The first-order valence-corrected chi connectivity index (χ1v) is 11.8. The van der Waals surface area contributed by atoms with Crippen LogP contribution in [0.15, 0.2) is 29.2 Å². The maximum absolute atomic E-state index is 13.1. The van der Waals surface area contributed by atoms with Crippen LogP contribution in [0.25, 0.3) is 0 Å². The number of sulfonamides is 1. The van der Waals surface area contributed by atoms with Crippen molar-refractivity contribution in [2.75, 3.05) is 0 Å². The summed E-state index contributed by atoms with van der Waals surface area (Å²) in [5.74, 6) is 3.59. The number of carbonyl (C=O) groups excluding carboxylic acids is 1. The Bertz CT molecular complexity index is 815. The summed E-state index contributed by atoms with van der Waals surface area (Å²) >= 11 is 0. The molecular weight excluding hydrogens is 358 g/mol. The van der Waals surface area contributed by atoms with Crippen molar-refractivity contribution in [2.24, 2.45) is 29.6 Å². The molecule has 0 amide bonds. The molecule has 0 spiro atoms. The number of Topliss-reactive ketones (excluding diaryl/α,β-unsaturated/α-hetero) is 1. The van der Waals surface area contributed by atoms with E-state index in [2.05, 4.69) is 4.72 Å². The van der Waals surface area contributed by atoms with Crippen LogP contribution in [0.2, 0.25) is 0 Å². The Balaban J connectivity index is 1.46. The highest BCUT2D eigenvalue weighted by atomic mass is 32.2. The molecule has 0 unspecified atom stereocenters. The van der Waals surface area contributed by atoms with Crippen molar-refractivity contribution in [2.45, 2.75) is 69.7 Å². The largest absolute Gasteiger partial charge is 0.298 e. The second-order valence-corrected chi connectivity index (χ2v) is 11.5. The Labute approximate surface area is 163 Å². The van der Waals surface area contributed by atoms with Crippen LogP contribution in [-0.4, -0.2) is 19.7 Å². The summed E-state index contributed by atoms with van der Waals surface area (Å²) in [6, 6.07) is 6.81. The van der Waals surface area contributed by atoms with Crippen molar-refractivity contribution in [1.82, 2.24) is 4.72 Å². The lowest BCUT2D eigenvalue weighted by Crippen LogP contribution is -2.52. The van der Waals surface area contributed by atoms with Crippen molar-refractivity contribution in [1.29, 1.82) is 0 Å². The third-order valence-electron chi connectivity index (χ3n) is 7.23. The van der Waals surface area contributed by atoms with E-state index >= 15 is 0 Å². The molecule has 0 aliphatic heterocycles. The molecule has 148 valence electrons. The van der Waals surface area contributed by atoms with Gasteiger partial charge in [0, 0.05) is 6.42 Å². The van der Waals surface area contributed by atoms with Crippen LogP contribution < -0.4 is 4.72 Å². The van der Waals surface area contributed by atoms with Crippen molar-refractivity contribution in [3.63, 3.8) is 0 Å². The summed E-state index contributed by atoms with van der Waals surface area (Å²) in [5, 5.41) is 0. The maximum Gasteiger partial charge on any atom is 0.241 e. The second kappa shape index (κ2) is 6.70. The highest BCUT2D eigenvalue weighted by molar-refractivity contribution is 7.89. The number of aryl methyl sites for hydroxylation is 1. The van der Waals surface area contributed by atoms with Crippen LogP contribution in [0.3, 0.4) is 0 Å². The molecule has 4 nitrogen and oxygen atoms in total. The first kappa shape index (κ1) is 19.1. The molecule has 0 aromatic heterocycles. The van der Waals surface area contributed by atoms with Gasteiger partial charge < -0.3 is 0 Å². The van der Waals surface area contributed by atoms with Gasteiger partial charge in [0.1, 0.15) is 0 Å². The average molecular weight is 390 g/mol. The van der Waals surface area contributed by atoms with Gasteiger partial charge in [0.05, 0.1) is 10.4 Å². The van der Waals surface area contributed by atoms with E-state index in [0.29, 0.717) is 24.2 Å². The lowest BCUT2D eigenvalue weighted by Gasteiger charge is -2.54. The zero-order valence-electron chi connectivity index (χ0n) is 16.6. The topological polar surface area (TPSA) is 63.2 Å². The second-order valence-electron chi connectivity index (χ2n) is 9.77. The number of hydrogen-bond acceptors (Lipinski definition) is 3. The van der Waals surface area contributed by atoms with Crippen LogP contribution in [0.5, 0.6) is 0 Å². The van der Waals surface area contributed by atoms with Gasteiger partial charge in [0.15, 0.2) is 5.78 Å². The molecule has 4 fully saturated rings. The third kappa shape index (κ3) is 3.73. The zero-order valence-corrected chi connectivity index (χ0v) is 17.4. The van der Waals surface area contributed by atoms with Crippen molar-refractivity contribution < 1.29 is 13.2 Å². The fourth-order valence-electron chi connectivity index (χ4n) is 6.07. The molecule has 5 rings (SSSR count). The number of benzene rings is 1. The van der Waals surface area contributed by atoms with Gasteiger partial charge in [-0.2, -0.15) is 4.72 Å². The smallest absolute Gasteiger partial charge is 0.241 e. The highest BCUT2D eigenvalue weighted by Gasteiger charge is 2.49. The zero-order chi connectivity index (χ0) is 19.4. The summed E-state index contributed by atoms with van der Waals surface area (Å²) in [6.45, 7) is 5.28.